The summed E-state index contributed by atoms with van der Waals surface area (Å²) in [4.78, 5) is 29.8. The summed E-state index contributed by atoms with van der Waals surface area (Å²) in [7, 11) is 1.56. The standard InChI is InChI=1S/C25H30N2O5/c1-5-26(6-2)13-14-27-22(17-7-9-18(28)10-8-17)21(24(30)25(27)31)23(29)20-12-11-19(32-4)15-16(20)3/h7-12,15,22,28-29H,5-6,13-14H2,1-4H3/b23-21+/t22-/m1/s1. The Morgan fingerprint density at radius 3 is 2.31 bits per heavy atom. The number of likely N-dealkylation sites (tertiary alicyclic amines) is 1. The molecule has 0 radical (unpaired) electrons. The zero-order valence-corrected chi connectivity index (χ0v) is 19.0. The van der Waals surface area contributed by atoms with E-state index < -0.39 is 17.7 Å². The summed E-state index contributed by atoms with van der Waals surface area (Å²) in [5.74, 6) is -0.848. The van der Waals surface area contributed by atoms with Crippen LogP contribution in [0.4, 0.5) is 0 Å². The molecule has 0 aliphatic carbocycles. The van der Waals surface area contributed by atoms with Crippen LogP contribution < -0.4 is 4.74 Å². The Morgan fingerprint density at radius 2 is 1.75 bits per heavy atom. The van der Waals surface area contributed by atoms with Crippen LogP contribution in [0.2, 0.25) is 0 Å². The average molecular weight is 439 g/mol. The molecule has 2 N–H and O–H groups in total. The monoisotopic (exact) mass is 438 g/mol. The molecule has 1 aliphatic rings. The van der Waals surface area contributed by atoms with Gasteiger partial charge in [-0.2, -0.15) is 0 Å². The first-order chi connectivity index (χ1) is 15.3. The van der Waals surface area contributed by atoms with E-state index in [4.69, 9.17) is 4.74 Å². The van der Waals surface area contributed by atoms with Crippen molar-refractivity contribution in [1.82, 2.24) is 9.80 Å². The maximum Gasteiger partial charge on any atom is 0.295 e. The normalized spacial score (nSPS) is 17.9. The lowest BCUT2D eigenvalue weighted by molar-refractivity contribution is -0.140. The first kappa shape index (κ1) is 23.3. The van der Waals surface area contributed by atoms with Crippen LogP contribution in [0.1, 0.15) is 36.6 Å². The summed E-state index contributed by atoms with van der Waals surface area (Å²) in [6.07, 6.45) is 0. The molecule has 0 saturated carbocycles. The number of benzene rings is 2. The number of aryl methyl sites for hydroxylation is 1. The highest BCUT2D eigenvalue weighted by atomic mass is 16.5. The highest BCUT2D eigenvalue weighted by Gasteiger charge is 2.46. The molecule has 1 aliphatic heterocycles. The Labute approximate surface area is 188 Å². The van der Waals surface area contributed by atoms with Gasteiger partial charge in [-0.1, -0.05) is 26.0 Å². The average Bonchev–Trinajstić information content (AvgIpc) is 3.04. The van der Waals surface area contributed by atoms with Gasteiger partial charge < -0.3 is 24.7 Å². The molecule has 0 bridgehead atoms. The smallest absolute Gasteiger partial charge is 0.295 e. The van der Waals surface area contributed by atoms with Crippen molar-refractivity contribution in [3.63, 3.8) is 0 Å². The van der Waals surface area contributed by atoms with Crippen molar-refractivity contribution in [3.8, 4) is 11.5 Å². The van der Waals surface area contributed by atoms with Crippen molar-refractivity contribution in [2.45, 2.75) is 26.8 Å². The van der Waals surface area contributed by atoms with Gasteiger partial charge in [-0.25, -0.2) is 0 Å². The molecule has 2 aromatic carbocycles. The largest absolute Gasteiger partial charge is 0.508 e. The Hall–Kier alpha value is -3.32. The molecule has 7 heteroatoms. The Kier molecular flexibility index (Phi) is 7.20. The number of carbonyl (C=O) groups excluding carboxylic acids is 2. The third kappa shape index (κ3) is 4.48. The predicted octanol–water partition coefficient (Wildman–Crippen LogP) is 3.47. The molecule has 170 valence electrons. The molecule has 1 heterocycles. The quantitative estimate of drug-likeness (QED) is 0.373. The Morgan fingerprint density at radius 1 is 1.09 bits per heavy atom. The third-order valence-corrected chi connectivity index (χ3v) is 5.99. The number of methoxy groups -OCH3 is 1. The molecule has 32 heavy (non-hydrogen) atoms. The second-order valence-corrected chi connectivity index (χ2v) is 7.79. The van der Waals surface area contributed by atoms with Crippen molar-refractivity contribution < 1.29 is 24.5 Å². The van der Waals surface area contributed by atoms with Crippen LogP contribution in [0.3, 0.4) is 0 Å². The van der Waals surface area contributed by atoms with Gasteiger partial charge in [0.1, 0.15) is 17.3 Å². The summed E-state index contributed by atoms with van der Waals surface area (Å²) in [5.41, 5.74) is 1.89. The Bertz CT molecular complexity index is 1030. The predicted molar refractivity (Wildman–Crippen MR) is 123 cm³/mol. The van der Waals surface area contributed by atoms with Crippen LogP contribution in [0.15, 0.2) is 48.0 Å². The number of likely N-dealkylation sites (N-methyl/N-ethyl adjacent to an activating group) is 1. The number of amides is 1. The number of carbonyl (C=O) groups is 2. The molecule has 0 aromatic heterocycles. The van der Waals surface area contributed by atoms with Gasteiger partial charge >= 0.3 is 0 Å². The second kappa shape index (κ2) is 9.87. The molecule has 1 amide bonds. The van der Waals surface area contributed by atoms with E-state index in [-0.39, 0.29) is 17.1 Å². The molecular formula is C25H30N2O5. The lowest BCUT2D eigenvalue weighted by Crippen LogP contribution is -2.38. The first-order valence-electron chi connectivity index (χ1n) is 10.8. The maximum absolute atomic E-state index is 13.1. The van der Waals surface area contributed by atoms with Gasteiger partial charge in [-0.3, -0.25) is 9.59 Å². The summed E-state index contributed by atoms with van der Waals surface area (Å²) in [6, 6.07) is 10.8. The fourth-order valence-electron chi connectivity index (χ4n) is 4.08. The number of aromatic hydroxyl groups is 1. The minimum Gasteiger partial charge on any atom is -0.508 e. The van der Waals surface area contributed by atoms with Crippen molar-refractivity contribution in [2.24, 2.45) is 0 Å². The molecule has 0 unspecified atom stereocenters. The number of phenols is 1. The van der Waals surface area contributed by atoms with Gasteiger partial charge in [-0.15, -0.1) is 0 Å². The minimum atomic E-state index is -0.743. The number of phenolic OH excluding ortho intramolecular Hbond substituents is 1. The number of rotatable bonds is 8. The summed E-state index contributed by atoms with van der Waals surface area (Å²) < 4.78 is 5.23. The van der Waals surface area contributed by atoms with Crippen LogP contribution >= 0.6 is 0 Å². The molecule has 3 rings (SSSR count). The number of Topliss-reactive ketones (excluding diaryl/α,β-unsaturated/α-hetero) is 1. The van der Waals surface area contributed by atoms with Crippen molar-refractivity contribution in [2.75, 3.05) is 33.3 Å². The summed E-state index contributed by atoms with van der Waals surface area (Å²) >= 11 is 0. The zero-order valence-electron chi connectivity index (χ0n) is 19.0. The highest BCUT2D eigenvalue weighted by Crippen LogP contribution is 2.40. The number of nitrogens with zero attached hydrogens (tertiary/aromatic N) is 2. The van der Waals surface area contributed by atoms with E-state index in [2.05, 4.69) is 4.90 Å². The number of hydrogen-bond acceptors (Lipinski definition) is 6. The number of aliphatic hydroxyl groups is 1. The van der Waals surface area contributed by atoms with Gasteiger partial charge in [0.25, 0.3) is 11.7 Å². The van der Waals surface area contributed by atoms with E-state index in [0.29, 0.717) is 30.0 Å². The fraction of sp³-hybridized carbons (Fsp3) is 0.360. The second-order valence-electron chi connectivity index (χ2n) is 7.79. The molecule has 1 saturated heterocycles. The highest BCUT2D eigenvalue weighted by molar-refractivity contribution is 6.46. The van der Waals surface area contributed by atoms with Crippen LogP contribution in [0.5, 0.6) is 11.5 Å². The molecule has 7 nitrogen and oxygen atoms in total. The van der Waals surface area contributed by atoms with E-state index >= 15 is 0 Å². The van der Waals surface area contributed by atoms with Crippen LogP contribution in [-0.2, 0) is 9.59 Å². The number of ether oxygens (including phenoxy) is 1. The first-order valence-corrected chi connectivity index (χ1v) is 10.8. The van der Waals surface area contributed by atoms with Crippen LogP contribution in [-0.4, -0.2) is 65.0 Å². The van der Waals surface area contributed by atoms with E-state index in [1.54, 1.807) is 37.4 Å². The van der Waals surface area contributed by atoms with E-state index in [1.807, 2.05) is 20.8 Å². The lowest BCUT2D eigenvalue weighted by atomic mass is 9.94. The van der Waals surface area contributed by atoms with Crippen molar-refractivity contribution in [3.05, 3.63) is 64.7 Å². The van der Waals surface area contributed by atoms with Gasteiger partial charge in [-0.05, 0) is 61.5 Å². The third-order valence-electron chi connectivity index (χ3n) is 5.99. The van der Waals surface area contributed by atoms with Crippen molar-refractivity contribution in [1.29, 1.82) is 0 Å². The van der Waals surface area contributed by atoms with Crippen LogP contribution in [0.25, 0.3) is 5.76 Å². The van der Waals surface area contributed by atoms with Gasteiger partial charge in [0.05, 0.1) is 18.7 Å². The maximum atomic E-state index is 13.1. The molecule has 1 atom stereocenters. The van der Waals surface area contributed by atoms with E-state index in [0.717, 1.165) is 18.7 Å². The molecule has 0 spiro atoms. The van der Waals surface area contributed by atoms with Gasteiger partial charge in [0.2, 0.25) is 0 Å². The Balaban J connectivity index is 2.12. The summed E-state index contributed by atoms with van der Waals surface area (Å²) in [5, 5.41) is 20.9. The van der Waals surface area contributed by atoms with Crippen molar-refractivity contribution >= 4 is 17.4 Å². The van der Waals surface area contributed by atoms with Gasteiger partial charge in [0, 0.05) is 18.7 Å². The molecular weight excluding hydrogens is 408 g/mol. The molecule has 2 aromatic rings. The molecule has 1 fully saturated rings. The zero-order chi connectivity index (χ0) is 23.4. The van der Waals surface area contributed by atoms with Crippen LogP contribution in [0, 0.1) is 6.92 Å². The fourth-order valence-corrected chi connectivity index (χ4v) is 4.08. The lowest BCUT2D eigenvalue weighted by Gasteiger charge is -2.28. The number of ketones is 1. The van der Waals surface area contributed by atoms with Gasteiger partial charge in [0.15, 0.2) is 0 Å². The number of hydrogen-bond donors (Lipinski definition) is 2. The minimum absolute atomic E-state index is 0.0495. The SMILES string of the molecule is CCN(CC)CCN1C(=O)C(=O)/C(=C(/O)c2ccc(OC)cc2C)[C@H]1c1ccc(O)cc1. The summed E-state index contributed by atoms with van der Waals surface area (Å²) in [6.45, 7) is 8.50. The van der Waals surface area contributed by atoms with E-state index in [9.17, 15) is 19.8 Å². The topological polar surface area (TPSA) is 90.3 Å². The van der Waals surface area contributed by atoms with E-state index in [1.165, 1.54) is 17.0 Å². The number of aliphatic hydroxyl groups excluding tert-OH is 1.